The van der Waals surface area contributed by atoms with E-state index in [1.165, 1.54) is 4.90 Å². The van der Waals surface area contributed by atoms with Crippen molar-refractivity contribution in [3.05, 3.63) is 33.8 Å². The average Bonchev–Trinajstić information content (AvgIpc) is 2.69. The van der Waals surface area contributed by atoms with Gasteiger partial charge in [0.25, 0.3) is 0 Å². The van der Waals surface area contributed by atoms with Crippen LogP contribution in [0.25, 0.3) is 11.1 Å². The molecule has 1 heterocycles. The lowest BCUT2D eigenvalue weighted by atomic mass is 10.0. The van der Waals surface area contributed by atoms with Crippen LogP contribution >= 0.6 is 0 Å². The Balaban J connectivity index is 2.31. The van der Waals surface area contributed by atoms with Gasteiger partial charge in [0.2, 0.25) is 5.91 Å². The molecule has 1 atom stereocenters. The Morgan fingerprint density at radius 1 is 1.47 bits per heavy atom. The van der Waals surface area contributed by atoms with Crippen molar-refractivity contribution in [3.8, 4) is 0 Å². The predicted octanol–water partition coefficient (Wildman–Crippen LogP) is 0.388. The normalized spacial score (nSPS) is 12.6. The molecule has 19 heavy (non-hydrogen) atoms. The quantitative estimate of drug-likeness (QED) is 0.837. The lowest BCUT2D eigenvalue weighted by Gasteiger charge is -2.16. The van der Waals surface area contributed by atoms with E-state index >= 15 is 0 Å². The summed E-state index contributed by atoms with van der Waals surface area (Å²) in [5.41, 5.74) is 8.79. The standard InChI is InChI=1S/C13H17N3O3/c1-7-4-8(5-9(14)12(17)16(2)3)6-10-11(7)15-13(18)19-10/h4,6,9H,5,14H2,1-3H3,(H,15,18). The third-order valence-electron chi connectivity index (χ3n) is 3.00. The second-order valence-electron chi connectivity index (χ2n) is 4.84. The summed E-state index contributed by atoms with van der Waals surface area (Å²) in [6.45, 7) is 1.87. The number of carbonyl (C=O) groups is 1. The van der Waals surface area contributed by atoms with Crippen LogP contribution in [0.15, 0.2) is 21.3 Å². The molecule has 2 rings (SSSR count). The zero-order valence-electron chi connectivity index (χ0n) is 11.2. The van der Waals surface area contributed by atoms with Crippen LogP contribution in [-0.4, -0.2) is 35.9 Å². The predicted molar refractivity (Wildman–Crippen MR) is 71.9 cm³/mol. The number of benzene rings is 1. The van der Waals surface area contributed by atoms with Crippen LogP contribution in [0.1, 0.15) is 11.1 Å². The van der Waals surface area contributed by atoms with Crippen LogP contribution in [0.3, 0.4) is 0 Å². The van der Waals surface area contributed by atoms with Gasteiger partial charge < -0.3 is 15.1 Å². The molecule has 0 saturated carbocycles. The van der Waals surface area contributed by atoms with Gasteiger partial charge in [0.15, 0.2) is 5.58 Å². The maximum atomic E-state index is 11.7. The number of H-pyrrole nitrogens is 1. The number of nitrogens with two attached hydrogens (primary N) is 1. The Morgan fingerprint density at radius 3 is 2.79 bits per heavy atom. The van der Waals surface area contributed by atoms with E-state index in [1.807, 2.05) is 13.0 Å². The molecule has 2 aromatic rings. The summed E-state index contributed by atoms with van der Waals surface area (Å²) < 4.78 is 5.03. The average molecular weight is 263 g/mol. The fourth-order valence-corrected chi connectivity index (χ4v) is 2.09. The zero-order valence-corrected chi connectivity index (χ0v) is 11.2. The van der Waals surface area contributed by atoms with E-state index in [0.29, 0.717) is 17.5 Å². The van der Waals surface area contributed by atoms with Crippen LogP contribution in [0, 0.1) is 6.92 Å². The van der Waals surface area contributed by atoms with Gasteiger partial charge in [-0.25, -0.2) is 4.79 Å². The molecule has 3 N–H and O–H groups in total. The van der Waals surface area contributed by atoms with Gasteiger partial charge in [-0.05, 0) is 30.5 Å². The number of oxazole rings is 1. The summed E-state index contributed by atoms with van der Waals surface area (Å²) in [5, 5.41) is 0. The molecule has 0 spiro atoms. The summed E-state index contributed by atoms with van der Waals surface area (Å²) in [4.78, 5) is 27.0. The zero-order chi connectivity index (χ0) is 14.2. The van der Waals surface area contributed by atoms with Gasteiger partial charge in [0, 0.05) is 14.1 Å². The van der Waals surface area contributed by atoms with Gasteiger partial charge in [-0.2, -0.15) is 0 Å². The highest BCUT2D eigenvalue weighted by Gasteiger charge is 2.17. The Kier molecular flexibility index (Phi) is 3.44. The number of carbonyl (C=O) groups excluding carboxylic acids is 1. The molecular weight excluding hydrogens is 246 g/mol. The van der Waals surface area contributed by atoms with Crippen molar-refractivity contribution in [2.24, 2.45) is 5.73 Å². The SMILES string of the molecule is Cc1cc(CC(N)C(=O)N(C)C)cc2oc(=O)[nH]c12. The van der Waals surface area contributed by atoms with Crippen molar-refractivity contribution >= 4 is 17.0 Å². The highest BCUT2D eigenvalue weighted by Crippen LogP contribution is 2.18. The fraction of sp³-hybridized carbons (Fsp3) is 0.385. The van der Waals surface area contributed by atoms with Gasteiger partial charge in [0.05, 0.1) is 11.6 Å². The minimum Gasteiger partial charge on any atom is -0.408 e. The van der Waals surface area contributed by atoms with E-state index < -0.39 is 11.8 Å². The fourth-order valence-electron chi connectivity index (χ4n) is 2.09. The monoisotopic (exact) mass is 263 g/mol. The van der Waals surface area contributed by atoms with Crippen LogP contribution in [-0.2, 0) is 11.2 Å². The first kappa shape index (κ1) is 13.4. The number of hydrogen-bond donors (Lipinski definition) is 2. The summed E-state index contributed by atoms with van der Waals surface area (Å²) in [5.74, 6) is -0.614. The Morgan fingerprint density at radius 2 is 2.16 bits per heavy atom. The first-order chi connectivity index (χ1) is 8.88. The van der Waals surface area contributed by atoms with E-state index in [1.54, 1.807) is 20.2 Å². The number of aromatic amines is 1. The van der Waals surface area contributed by atoms with Crippen molar-refractivity contribution in [2.45, 2.75) is 19.4 Å². The first-order valence-corrected chi connectivity index (χ1v) is 5.97. The topological polar surface area (TPSA) is 92.3 Å². The molecule has 6 heteroatoms. The van der Waals surface area contributed by atoms with Crippen molar-refractivity contribution in [2.75, 3.05) is 14.1 Å². The molecule has 0 saturated heterocycles. The van der Waals surface area contributed by atoms with Gasteiger partial charge in [-0.15, -0.1) is 0 Å². The number of fused-ring (bicyclic) bond motifs is 1. The molecule has 0 radical (unpaired) electrons. The van der Waals surface area contributed by atoms with E-state index in [-0.39, 0.29) is 5.91 Å². The van der Waals surface area contributed by atoms with Gasteiger partial charge in [-0.1, -0.05) is 6.07 Å². The van der Waals surface area contributed by atoms with Gasteiger partial charge in [-0.3, -0.25) is 9.78 Å². The van der Waals surface area contributed by atoms with Crippen LogP contribution in [0.2, 0.25) is 0 Å². The van der Waals surface area contributed by atoms with E-state index in [9.17, 15) is 9.59 Å². The maximum Gasteiger partial charge on any atom is 0.417 e. The highest BCUT2D eigenvalue weighted by molar-refractivity contribution is 5.82. The lowest BCUT2D eigenvalue weighted by Crippen LogP contribution is -2.41. The Labute approximate surface area is 110 Å². The highest BCUT2D eigenvalue weighted by atomic mass is 16.4. The Bertz CT molecular complexity index is 669. The third kappa shape index (κ3) is 2.68. The molecule has 1 aromatic carbocycles. The smallest absolute Gasteiger partial charge is 0.408 e. The number of aromatic nitrogens is 1. The van der Waals surface area contributed by atoms with E-state index in [4.69, 9.17) is 10.2 Å². The summed E-state index contributed by atoms with van der Waals surface area (Å²) in [6, 6.07) is 3.04. The molecule has 6 nitrogen and oxygen atoms in total. The molecule has 0 bridgehead atoms. The molecule has 1 unspecified atom stereocenters. The first-order valence-electron chi connectivity index (χ1n) is 5.97. The number of aryl methyl sites for hydroxylation is 1. The van der Waals surface area contributed by atoms with Crippen molar-refractivity contribution in [1.82, 2.24) is 9.88 Å². The number of hydrogen-bond acceptors (Lipinski definition) is 4. The Hall–Kier alpha value is -2.08. The van der Waals surface area contributed by atoms with Crippen molar-refractivity contribution in [3.63, 3.8) is 0 Å². The molecular formula is C13H17N3O3. The number of rotatable bonds is 3. The second kappa shape index (κ2) is 4.89. The summed E-state index contributed by atoms with van der Waals surface area (Å²) >= 11 is 0. The molecule has 1 aromatic heterocycles. The van der Waals surface area contributed by atoms with Crippen molar-refractivity contribution in [1.29, 1.82) is 0 Å². The molecule has 0 aliphatic rings. The van der Waals surface area contributed by atoms with Crippen LogP contribution in [0.4, 0.5) is 0 Å². The number of nitrogens with zero attached hydrogens (tertiary/aromatic N) is 1. The molecule has 102 valence electrons. The van der Waals surface area contributed by atoms with E-state index in [2.05, 4.69) is 4.98 Å². The van der Waals surface area contributed by atoms with Crippen molar-refractivity contribution < 1.29 is 9.21 Å². The summed E-state index contributed by atoms with van der Waals surface area (Å²) in [6.07, 6.45) is 0.405. The number of likely N-dealkylation sites (N-methyl/N-ethyl adjacent to an activating group) is 1. The van der Waals surface area contributed by atoms with Gasteiger partial charge >= 0.3 is 5.76 Å². The van der Waals surface area contributed by atoms with Gasteiger partial charge in [0.1, 0.15) is 0 Å². The molecule has 0 fully saturated rings. The van der Waals surface area contributed by atoms with E-state index in [0.717, 1.165) is 11.1 Å². The second-order valence-corrected chi connectivity index (χ2v) is 4.84. The summed E-state index contributed by atoms with van der Waals surface area (Å²) in [7, 11) is 3.34. The molecule has 0 aliphatic carbocycles. The molecule has 0 aliphatic heterocycles. The lowest BCUT2D eigenvalue weighted by molar-refractivity contribution is -0.130. The largest absolute Gasteiger partial charge is 0.417 e. The minimum absolute atomic E-state index is 0.131. The third-order valence-corrected chi connectivity index (χ3v) is 3.00. The maximum absolute atomic E-state index is 11.7. The number of amides is 1. The molecule has 1 amide bonds. The van der Waals surface area contributed by atoms with Crippen LogP contribution in [0.5, 0.6) is 0 Å². The van der Waals surface area contributed by atoms with Crippen LogP contribution < -0.4 is 11.5 Å². The minimum atomic E-state index is -0.600. The number of nitrogens with one attached hydrogen (secondary N) is 1.